The van der Waals surface area contributed by atoms with E-state index in [4.69, 9.17) is 0 Å². The summed E-state index contributed by atoms with van der Waals surface area (Å²) in [7, 11) is -3.76. The van der Waals surface area contributed by atoms with E-state index in [-0.39, 0.29) is 27.8 Å². The molecule has 3 N–H and O–H groups in total. The van der Waals surface area contributed by atoms with Gasteiger partial charge in [-0.3, -0.25) is 4.79 Å². The minimum absolute atomic E-state index is 0.0883. The first-order chi connectivity index (χ1) is 19.0. The average molecular weight is 560 g/mol. The highest BCUT2D eigenvalue weighted by Gasteiger charge is 2.26. The Morgan fingerprint density at radius 1 is 0.775 bits per heavy atom. The van der Waals surface area contributed by atoms with Gasteiger partial charge < -0.3 is 20.2 Å². The highest BCUT2D eigenvalue weighted by molar-refractivity contribution is 7.91. The number of hydrogen-bond acceptors (Lipinski definition) is 6. The number of nitrogens with zero attached hydrogens (tertiary/aromatic N) is 1. The Balaban J connectivity index is 1.60. The summed E-state index contributed by atoms with van der Waals surface area (Å²) in [6.07, 6.45) is 0.890. The van der Waals surface area contributed by atoms with Crippen molar-refractivity contribution in [3.05, 3.63) is 107 Å². The van der Waals surface area contributed by atoms with Crippen molar-refractivity contribution in [3.63, 3.8) is 0 Å². The predicted octanol–water partition coefficient (Wildman–Crippen LogP) is 6.21. The molecular formula is C32H33NO6S. The Morgan fingerprint density at radius 3 is 1.90 bits per heavy atom. The molecule has 0 unspecified atom stereocenters. The number of sulfone groups is 1. The molecule has 1 amide bonds. The minimum atomic E-state index is -3.76. The Morgan fingerprint density at radius 2 is 1.35 bits per heavy atom. The second kappa shape index (κ2) is 11.8. The molecule has 0 aromatic heterocycles. The Hall–Kier alpha value is -4.30. The van der Waals surface area contributed by atoms with Crippen LogP contribution in [0.4, 0.5) is 5.69 Å². The Bertz CT molecular complexity index is 1600. The van der Waals surface area contributed by atoms with Gasteiger partial charge in [0.15, 0.2) is 11.5 Å². The number of aromatic hydroxyl groups is 3. The van der Waals surface area contributed by atoms with Gasteiger partial charge in [-0.1, -0.05) is 56.3 Å². The molecular weight excluding hydrogens is 526 g/mol. The molecule has 4 rings (SSSR count). The topological polar surface area (TPSA) is 115 Å². The molecule has 4 aromatic rings. The van der Waals surface area contributed by atoms with Gasteiger partial charge in [-0.15, -0.1) is 0 Å². The molecule has 0 aliphatic heterocycles. The largest absolute Gasteiger partial charge is 0.504 e. The van der Waals surface area contributed by atoms with Crippen LogP contribution in [0.2, 0.25) is 0 Å². The van der Waals surface area contributed by atoms with Gasteiger partial charge in [0.05, 0.1) is 15.4 Å². The maximum Gasteiger partial charge on any atom is 0.262 e. The summed E-state index contributed by atoms with van der Waals surface area (Å²) in [6.45, 7) is 6.02. The monoisotopic (exact) mass is 559 g/mol. The Kier molecular flexibility index (Phi) is 8.49. The molecule has 0 atom stereocenters. The lowest BCUT2D eigenvalue weighted by atomic mass is 9.99. The third-order valence-electron chi connectivity index (χ3n) is 6.96. The molecule has 0 fully saturated rings. The molecule has 0 spiro atoms. The third kappa shape index (κ3) is 5.82. The van der Waals surface area contributed by atoms with E-state index < -0.39 is 33.0 Å². The lowest BCUT2D eigenvalue weighted by Crippen LogP contribution is -2.30. The van der Waals surface area contributed by atoms with Gasteiger partial charge in [-0.25, -0.2) is 8.42 Å². The molecule has 8 heteroatoms. The van der Waals surface area contributed by atoms with Crippen molar-refractivity contribution in [2.75, 3.05) is 11.4 Å². The molecule has 0 saturated carbocycles. The number of carbonyl (C=O) groups excluding carboxylic acids is 1. The fourth-order valence-electron chi connectivity index (χ4n) is 4.54. The van der Waals surface area contributed by atoms with Crippen molar-refractivity contribution in [2.45, 2.75) is 49.3 Å². The summed E-state index contributed by atoms with van der Waals surface area (Å²) in [5.41, 5.74) is 2.63. The lowest BCUT2D eigenvalue weighted by Gasteiger charge is -2.23. The number of aryl methyl sites for hydroxylation is 2. The van der Waals surface area contributed by atoms with Gasteiger partial charge in [0.1, 0.15) is 0 Å². The van der Waals surface area contributed by atoms with Crippen molar-refractivity contribution >= 4 is 21.4 Å². The number of phenolic OH excluding ortho intramolecular Hbond substituents is 3. The summed E-state index contributed by atoms with van der Waals surface area (Å²) >= 11 is 0. The number of amides is 1. The highest BCUT2D eigenvalue weighted by Crippen LogP contribution is 2.41. The zero-order chi connectivity index (χ0) is 29.0. The van der Waals surface area contributed by atoms with E-state index in [1.54, 1.807) is 31.2 Å². The maximum atomic E-state index is 13.5. The molecule has 0 saturated heterocycles. The zero-order valence-corrected chi connectivity index (χ0v) is 23.5. The number of rotatable bonds is 9. The van der Waals surface area contributed by atoms with E-state index >= 15 is 0 Å². The van der Waals surface area contributed by atoms with Crippen LogP contribution in [-0.2, 0) is 22.7 Å². The lowest BCUT2D eigenvalue weighted by molar-refractivity contribution is 0.0985. The van der Waals surface area contributed by atoms with Crippen molar-refractivity contribution in [1.82, 2.24) is 0 Å². The van der Waals surface area contributed by atoms with Gasteiger partial charge in [0.25, 0.3) is 5.91 Å². The maximum absolute atomic E-state index is 13.5. The van der Waals surface area contributed by atoms with Crippen LogP contribution in [0.25, 0.3) is 0 Å². The van der Waals surface area contributed by atoms with Crippen molar-refractivity contribution in [3.8, 4) is 17.2 Å². The van der Waals surface area contributed by atoms with E-state index in [0.29, 0.717) is 24.1 Å². The van der Waals surface area contributed by atoms with Crippen LogP contribution in [0.15, 0.2) is 94.7 Å². The summed E-state index contributed by atoms with van der Waals surface area (Å²) in [5, 5.41) is 31.4. The van der Waals surface area contributed by atoms with E-state index in [1.165, 1.54) is 35.2 Å². The minimum Gasteiger partial charge on any atom is -0.504 e. The first-order valence-corrected chi connectivity index (χ1v) is 14.6. The SMILES string of the molecule is CCN(C(=O)c1cc(CCc2ccccc2)c(O)c(O)c1O)c1ccc(S(=O)(=O)c2ccc(C(C)C)cc2)cc1. The van der Waals surface area contributed by atoms with Gasteiger partial charge in [0, 0.05) is 12.2 Å². The number of anilines is 1. The number of carbonyl (C=O) groups is 1. The van der Waals surface area contributed by atoms with Crippen LogP contribution in [0.1, 0.15) is 53.7 Å². The van der Waals surface area contributed by atoms with E-state index in [1.807, 2.05) is 44.2 Å². The highest BCUT2D eigenvalue weighted by atomic mass is 32.2. The summed E-state index contributed by atoms with van der Waals surface area (Å²) in [4.78, 5) is 15.2. The van der Waals surface area contributed by atoms with Crippen molar-refractivity contribution in [1.29, 1.82) is 0 Å². The van der Waals surface area contributed by atoms with E-state index in [9.17, 15) is 28.5 Å². The van der Waals surface area contributed by atoms with E-state index in [0.717, 1.165) is 11.1 Å². The molecule has 40 heavy (non-hydrogen) atoms. The van der Waals surface area contributed by atoms with Crippen LogP contribution in [0, 0.1) is 0 Å². The number of phenols is 3. The zero-order valence-electron chi connectivity index (χ0n) is 22.7. The quantitative estimate of drug-likeness (QED) is 0.210. The summed E-state index contributed by atoms with van der Waals surface area (Å²) in [5.74, 6) is -2.26. The standard InChI is InChI=1S/C32H33NO6S/c1-4-33(25-14-18-27(19-15-25)40(38,39)26-16-12-23(13-17-26)21(2)3)32(37)28-20-24(29(34)31(36)30(28)35)11-10-22-8-6-5-7-9-22/h5-9,12-21,34-36H,4,10-11H2,1-3H3. The third-order valence-corrected chi connectivity index (χ3v) is 8.75. The Labute approximate surface area is 234 Å². The van der Waals surface area contributed by atoms with Crippen LogP contribution < -0.4 is 4.90 Å². The summed E-state index contributed by atoms with van der Waals surface area (Å²) in [6, 6.07) is 23.7. The van der Waals surface area contributed by atoms with Crippen LogP contribution in [0.5, 0.6) is 17.2 Å². The molecule has 7 nitrogen and oxygen atoms in total. The van der Waals surface area contributed by atoms with Crippen LogP contribution in [-0.4, -0.2) is 36.2 Å². The number of hydrogen-bond donors (Lipinski definition) is 3. The van der Waals surface area contributed by atoms with Gasteiger partial charge in [-0.2, -0.15) is 0 Å². The molecule has 0 aliphatic carbocycles. The van der Waals surface area contributed by atoms with E-state index in [2.05, 4.69) is 0 Å². The van der Waals surface area contributed by atoms with Gasteiger partial charge in [-0.05, 0) is 84.8 Å². The van der Waals surface area contributed by atoms with Crippen LogP contribution >= 0.6 is 0 Å². The van der Waals surface area contributed by atoms with Gasteiger partial charge in [0.2, 0.25) is 15.6 Å². The second-order valence-corrected chi connectivity index (χ2v) is 11.8. The fourth-order valence-corrected chi connectivity index (χ4v) is 5.80. The van der Waals surface area contributed by atoms with Gasteiger partial charge >= 0.3 is 0 Å². The van der Waals surface area contributed by atoms with Crippen molar-refractivity contribution < 1.29 is 28.5 Å². The smallest absolute Gasteiger partial charge is 0.262 e. The molecule has 0 bridgehead atoms. The normalized spacial score (nSPS) is 11.5. The predicted molar refractivity (Wildman–Crippen MR) is 155 cm³/mol. The average Bonchev–Trinajstić information content (AvgIpc) is 2.96. The van der Waals surface area contributed by atoms with Crippen LogP contribution in [0.3, 0.4) is 0 Å². The summed E-state index contributed by atoms with van der Waals surface area (Å²) < 4.78 is 26.3. The molecule has 208 valence electrons. The molecule has 0 heterocycles. The molecule has 0 aliphatic rings. The first kappa shape index (κ1) is 28.7. The first-order valence-electron chi connectivity index (χ1n) is 13.1. The number of benzene rings is 4. The molecule has 4 aromatic carbocycles. The second-order valence-electron chi connectivity index (χ2n) is 9.89. The fraction of sp³-hybridized carbons (Fsp3) is 0.219. The molecule has 0 radical (unpaired) electrons. The van der Waals surface area contributed by atoms with Crippen molar-refractivity contribution in [2.24, 2.45) is 0 Å².